The number of hydrogen-bond acceptors (Lipinski definition) is 4. The van der Waals surface area contributed by atoms with Crippen molar-refractivity contribution in [2.75, 3.05) is 19.5 Å². The second-order valence-corrected chi connectivity index (χ2v) is 7.16. The Morgan fingerprint density at radius 1 is 1.17 bits per heavy atom. The van der Waals surface area contributed by atoms with Gasteiger partial charge in [-0.3, -0.25) is 5.43 Å². The summed E-state index contributed by atoms with van der Waals surface area (Å²) in [7, 11) is 3.21. The van der Waals surface area contributed by atoms with Gasteiger partial charge in [-0.1, -0.05) is 19.4 Å². The highest BCUT2D eigenvalue weighted by molar-refractivity contribution is 7.80. The molecule has 1 aromatic rings. The SMILES string of the molecule is COc1ccc(NC(=S)N/N=C2/C=C(C)CC(C)(C)C2)cc1OC. The van der Waals surface area contributed by atoms with Crippen molar-refractivity contribution in [3.63, 3.8) is 0 Å². The molecule has 0 atom stereocenters. The Kier molecular flexibility index (Phi) is 5.83. The molecule has 0 heterocycles. The number of methoxy groups -OCH3 is 2. The Balaban J connectivity index is 2.01. The van der Waals surface area contributed by atoms with Crippen LogP contribution in [0.5, 0.6) is 11.5 Å². The maximum atomic E-state index is 5.31. The zero-order chi connectivity index (χ0) is 17.7. The van der Waals surface area contributed by atoms with Crippen LogP contribution < -0.4 is 20.2 Å². The van der Waals surface area contributed by atoms with Gasteiger partial charge in [-0.2, -0.15) is 5.10 Å². The standard InChI is InChI=1S/C18H25N3O2S/c1-12-8-14(11-18(2,3)10-12)20-21-17(24)19-13-6-7-15(22-4)16(9-13)23-5/h6-9H,10-11H2,1-5H3,(H2,19,21,24)/b20-14-. The maximum Gasteiger partial charge on any atom is 0.191 e. The highest BCUT2D eigenvalue weighted by atomic mass is 32.1. The molecule has 2 rings (SSSR count). The van der Waals surface area contributed by atoms with E-state index >= 15 is 0 Å². The second-order valence-electron chi connectivity index (χ2n) is 6.75. The van der Waals surface area contributed by atoms with Crippen LogP contribution in [-0.4, -0.2) is 25.0 Å². The number of rotatable bonds is 4. The third kappa shape index (κ3) is 4.96. The number of hydrazone groups is 1. The summed E-state index contributed by atoms with van der Waals surface area (Å²) in [6.45, 7) is 6.63. The number of anilines is 1. The second kappa shape index (κ2) is 7.66. The monoisotopic (exact) mass is 347 g/mol. The summed E-state index contributed by atoms with van der Waals surface area (Å²) in [5, 5.41) is 7.96. The van der Waals surface area contributed by atoms with Crippen LogP contribution >= 0.6 is 12.2 Å². The van der Waals surface area contributed by atoms with E-state index in [4.69, 9.17) is 21.7 Å². The van der Waals surface area contributed by atoms with Gasteiger partial charge < -0.3 is 14.8 Å². The Morgan fingerprint density at radius 2 is 1.88 bits per heavy atom. The molecule has 2 N–H and O–H groups in total. The smallest absolute Gasteiger partial charge is 0.191 e. The first kappa shape index (κ1) is 18.3. The highest BCUT2D eigenvalue weighted by Crippen LogP contribution is 2.33. The Morgan fingerprint density at radius 3 is 2.50 bits per heavy atom. The molecule has 5 nitrogen and oxygen atoms in total. The van der Waals surface area contributed by atoms with Gasteiger partial charge in [0.1, 0.15) is 0 Å². The lowest BCUT2D eigenvalue weighted by Crippen LogP contribution is -2.27. The van der Waals surface area contributed by atoms with Gasteiger partial charge in [-0.05, 0) is 55.6 Å². The topological polar surface area (TPSA) is 54.9 Å². The van der Waals surface area contributed by atoms with Crippen molar-refractivity contribution in [2.45, 2.75) is 33.6 Å². The summed E-state index contributed by atoms with van der Waals surface area (Å²) in [5.41, 5.74) is 6.31. The van der Waals surface area contributed by atoms with Crippen LogP contribution in [0.1, 0.15) is 33.6 Å². The molecule has 0 aliphatic heterocycles. The lowest BCUT2D eigenvalue weighted by molar-refractivity contribution is 0.355. The summed E-state index contributed by atoms with van der Waals surface area (Å²) in [6.07, 6.45) is 4.15. The van der Waals surface area contributed by atoms with Crippen molar-refractivity contribution in [1.29, 1.82) is 0 Å². The van der Waals surface area contributed by atoms with Gasteiger partial charge in [0.15, 0.2) is 16.6 Å². The molecule has 24 heavy (non-hydrogen) atoms. The number of hydrogen-bond donors (Lipinski definition) is 2. The quantitative estimate of drug-likeness (QED) is 0.634. The minimum absolute atomic E-state index is 0.234. The molecule has 130 valence electrons. The summed E-state index contributed by atoms with van der Waals surface area (Å²) >= 11 is 5.31. The summed E-state index contributed by atoms with van der Waals surface area (Å²) in [5.74, 6) is 1.32. The van der Waals surface area contributed by atoms with Crippen LogP contribution in [-0.2, 0) is 0 Å². The third-order valence-electron chi connectivity index (χ3n) is 3.77. The van der Waals surface area contributed by atoms with Crippen LogP contribution in [0.15, 0.2) is 34.9 Å². The van der Waals surface area contributed by atoms with Crippen LogP contribution in [0, 0.1) is 5.41 Å². The fourth-order valence-electron chi connectivity index (χ4n) is 2.96. The first-order valence-electron chi connectivity index (χ1n) is 7.86. The molecule has 0 bridgehead atoms. The number of benzene rings is 1. The summed E-state index contributed by atoms with van der Waals surface area (Å²) < 4.78 is 10.5. The van der Waals surface area contributed by atoms with E-state index in [9.17, 15) is 0 Å². The number of ether oxygens (including phenoxy) is 2. The molecule has 1 aliphatic rings. The van der Waals surface area contributed by atoms with Gasteiger partial charge in [0.05, 0.1) is 19.9 Å². The predicted octanol–water partition coefficient (Wildman–Crippen LogP) is 4.11. The highest BCUT2D eigenvalue weighted by Gasteiger charge is 2.24. The molecule has 0 aromatic heterocycles. The van der Waals surface area contributed by atoms with E-state index in [0.717, 1.165) is 24.2 Å². The van der Waals surface area contributed by atoms with Gasteiger partial charge >= 0.3 is 0 Å². The fraction of sp³-hybridized carbons (Fsp3) is 0.444. The minimum atomic E-state index is 0.234. The number of nitrogens with zero attached hydrogens (tertiary/aromatic N) is 1. The molecule has 0 saturated heterocycles. The lowest BCUT2D eigenvalue weighted by atomic mass is 9.77. The van der Waals surface area contributed by atoms with Crippen LogP contribution in [0.3, 0.4) is 0 Å². The third-order valence-corrected chi connectivity index (χ3v) is 3.97. The molecule has 0 unspecified atom stereocenters. The van der Waals surface area contributed by atoms with E-state index in [1.54, 1.807) is 14.2 Å². The molecule has 6 heteroatoms. The average molecular weight is 347 g/mol. The maximum absolute atomic E-state index is 5.31. The van der Waals surface area contributed by atoms with Gasteiger partial charge in [0.25, 0.3) is 0 Å². The van der Waals surface area contributed by atoms with Gasteiger partial charge in [-0.15, -0.1) is 0 Å². The Labute approximate surface area is 149 Å². The number of thiocarbonyl (C=S) groups is 1. The Hall–Kier alpha value is -2.08. The first-order valence-corrected chi connectivity index (χ1v) is 8.26. The van der Waals surface area contributed by atoms with Crippen molar-refractivity contribution < 1.29 is 9.47 Å². The van der Waals surface area contributed by atoms with Crippen LogP contribution in [0.25, 0.3) is 0 Å². The minimum Gasteiger partial charge on any atom is -0.493 e. The zero-order valence-corrected chi connectivity index (χ0v) is 15.7. The molecule has 0 spiro atoms. The largest absolute Gasteiger partial charge is 0.493 e. The van der Waals surface area contributed by atoms with Gasteiger partial charge in [-0.25, -0.2) is 0 Å². The number of nitrogens with one attached hydrogen (secondary N) is 2. The van der Waals surface area contributed by atoms with E-state index in [2.05, 4.69) is 42.7 Å². The van der Waals surface area contributed by atoms with E-state index in [1.807, 2.05) is 18.2 Å². The summed E-state index contributed by atoms with van der Waals surface area (Å²) in [6, 6.07) is 5.52. The van der Waals surface area contributed by atoms with E-state index in [1.165, 1.54) is 5.57 Å². The molecule has 0 amide bonds. The van der Waals surface area contributed by atoms with Crippen molar-refractivity contribution in [1.82, 2.24) is 5.43 Å². The van der Waals surface area contributed by atoms with Gasteiger partial charge in [0, 0.05) is 11.8 Å². The number of allylic oxidation sites excluding steroid dienone is 2. The molecule has 0 radical (unpaired) electrons. The fourth-order valence-corrected chi connectivity index (χ4v) is 3.13. The van der Waals surface area contributed by atoms with Crippen molar-refractivity contribution in [2.24, 2.45) is 10.5 Å². The van der Waals surface area contributed by atoms with Crippen molar-refractivity contribution >= 4 is 28.7 Å². The molecule has 0 fully saturated rings. The van der Waals surface area contributed by atoms with Crippen LogP contribution in [0.2, 0.25) is 0 Å². The van der Waals surface area contributed by atoms with E-state index in [0.29, 0.717) is 16.6 Å². The molecular formula is C18H25N3O2S. The van der Waals surface area contributed by atoms with E-state index in [-0.39, 0.29) is 5.41 Å². The van der Waals surface area contributed by atoms with Gasteiger partial charge in [0.2, 0.25) is 0 Å². The lowest BCUT2D eigenvalue weighted by Gasteiger charge is -2.29. The summed E-state index contributed by atoms with van der Waals surface area (Å²) in [4.78, 5) is 0. The molecule has 1 aliphatic carbocycles. The molecular weight excluding hydrogens is 322 g/mol. The van der Waals surface area contributed by atoms with Crippen molar-refractivity contribution in [3.05, 3.63) is 29.8 Å². The zero-order valence-electron chi connectivity index (χ0n) is 14.9. The predicted molar refractivity (Wildman–Crippen MR) is 103 cm³/mol. The Bertz CT molecular complexity index is 681. The van der Waals surface area contributed by atoms with Crippen LogP contribution in [0.4, 0.5) is 5.69 Å². The normalized spacial score (nSPS) is 17.9. The van der Waals surface area contributed by atoms with Crippen molar-refractivity contribution in [3.8, 4) is 11.5 Å². The van der Waals surface area contributed by atoms with E-state index < -0.39 is 0 Å². The molecule has 0 saturated carbocycles. The average Bonchev–Trinajstić information content (AvgIpc) is 2.51. The first-order chi connectivity index (χ1) is 11.3. The molecule has 1 aromatic carbocycles.